The van der Waals surface area contributed by atoms with E-state index in [-0.39, 0.29) is 55.2 Å². The predicted molar refractivity (Wildman–Crippen MR) is 205 cm³/mol. The third-order valence-corrected chi connectivity index (χ3v) is 10.4. The van der Waals surface area contributed by atoms with Gasteiger partial charge in [-0.2, -0.15) is 0 Å². The van der Waals surface area contributed by atoms with Crippen molar-refractivity contribution in [2.24, 2.45) is 5.92 Å². The van der Waals surface area contributed by atoms with Gasteiger partial charge in [0.05, 0.1) is 43.1 Å². The van der Waals surface area contributed by atoms with Gasteiger partial charge in [-0.25, -0.2) is 0 Å². The number of thiophene rings is 1. The number of hydrogen-bond donors (Lipinski definition) is 4. The van der Waals surface area contributed by atoms with Crippen LogP contribution in [0.15, 0.2) is 41.8 Å². The lowest BCUT2D eigenvalue weighted by Crippen LogP contribution is -2.42. The summed E-state index contributed by atoms with van der Waals surface area (Å²) >= 11 is 1.54. The first kappa shape index (κ1) is 41.5. The van der Waals surface area contributed by atoms with E-state index in [2.05, 4.69) is 28.9 Å². The first-order valence-electron chi connectivity index (χ1n) is 18.9. The number of benzene rings is 1. The second kappa shape index (κ2) is 22.1. The van der Waals surface area contributed by atoms with Gasteiger partial charge in [0.25, 0.3) is 5.91 Å². The number of fused-ring (bicyclic) bond motifs is 1. The molecule has 0 radical (unpaired) electrons. The summed E-state index contributed by atoms with van der Waals surface area (Å²) in [6.07, 6.45) is 6.38. The molecule has 0 atom stereocenters. The zero-order valence-electron chi connectivity index (χ0n) is 31.0. The van der Waals surface area contributed by atoms with Crippen molar-refractivity contribution in [2.75, 3.05) is 51.0 Å². The molecule has 1 saturated carbocycles. The van der Waals surface area contributed by atoms with E-state index in [4.69, 9.17) is 14.6 Å². The van der Waals surface area contributed by atoms with Crippen molar-refractivity contribution >= 4 is 56.8 Å². The summed E-state index contributed by atoms with van der Waals surface area (Å²) < 4.78 is 13.3. The van der Waals surface area contributed by atoms with Gasteiger partial charge in [0.1, 0.15) is 12.2 Å². The van der Waals surface area contributed by atoms with Crippen LogP contribution in [0.5, 0.6) is 0 Å². The fraction of sp³-hybridized carbons (Fsp3) is 0.564. The molecule has 1 fully saturated rings. The summed E-state index contributed by atoms with van der Waals surface area (Å²) in [6.45, 7) is 6.74. The molecule has 0 unspecified atom stereocenters. The van der Waals surface area contributed by atoms with Crippen molar-refractivity contribution in [3.63, 3.8) is 0 Å². The van der Waals surface area contributed by atoms with Gasteiger partial charge < -0.3 is 40.0 Å². The van der Waals surface area contributed by atoms with Crippen molar-refractivity contribution in [3.05, 3.63) is 53.0 Å². The summed E-state index contributed by atoms with van der Waals surface area (Å²) in [5, 5.41) is 19.6. The number of nitrogens with one attached hydrogen (secondary N) is 3. The van der Waals surface area contributed by atoms with Crippen molar-refractivity contribution in [1.82, 2.24) is 20.5 Å². The Kier molecular flexibility index (Phi) is 17.3. The molecule has 0 saturated heterocycles. The molecule has 13 nitrogen and oxygen atoms in total. The summed E-state index contributed by atoms with van der Waals surface area (Å²) in [5.74, 6) is -1.28. The Labute approximate surface area is 315 Å². The number of carbonyl (C=O) groups is 5. The highest BCUT2D eigenvalue weighted by molar-refractivity contribution is 7.17. The largest absolute Gasteiger partial charge is 0.481 e. The van der Waals surface area contributed by atoms with Crippen LogP contribution in [0.2, 0.25) is 0 Å². The third kappa shape index (κ3) is 13.3. The monoisotopic (exact) mass is 753 g/mol. The normalized spacial score (nSPS) is 15.6. The average molecular weight is 754 g/mol. The lowest BCUT2D eigenvalue weighted by molar-refractivity contribution is -0.138. The van der Waals surface area contributed by atoms with E-state index in [0.717, 1.165) is 47.2 Å². The number of ether oxygens (including phenoxy) is 2. The zero-order valence-corrected chi connectivity index (χ0v) is 31.8. The number of aromatic nitrogens is 1. The first-order valence-corrected chi connectivity index (χ1v) is 19.8. The maximum Gasteiger partial charge on any atom is 0.305 e. The molecule has 53 heavy (non-hydrogen) atoms. The van der Waals surface area contributed by atoms with E-state index < -0.39 is 5.97 Å². The molecule has 2 aromatic heterocycles. The van der Waals surface area contributed by atoms with Crippen molar-refractivity contribution < 1.29 is 38.6 Å². The molecule has 0 spiro atoms. The first-order chi connectivity index (χ1) is 25.7. The van der Waals surface area contributed by atoms with Gasteiger partial charge in [0.2, 0.25) is 17.7 Å². The average Bonchev–Trinajstić information content (AvgIpc) is 3.75. The minimum atomic E-state index is -0.902. The van der Waals surface area contributed by atoms with Gasteiger partial charge in [0, 0.05) is 43.7 Å². The van der Waals surface area contributed by atoms with E-state index in [1.54, 1.807) is 16.2 Å². The topological polar surface area (TPSA) is 168 Å². The van der Waals surface area contributed by atoms with Crippen LogP contribution >= 0.6 is 11.3 Å². The Bertz CT molecular complexity index is 1650. The van der Waals surface area contributed by atoms with Gasteiger partial charge in [0.15, 0.2) is 0 Å². The number of unbranched alkanes of at least 4 members (excludes halogenated alkanes) is 2. The number of rotatable bonds is 23. The summed E-state index contributed by atoms with van der Waals surface area (Å²) in [4.78, 5) is 64.3. The minimum absolute atomic E-state index is 0.0381. The van der Waals surface area contributed by atoms with Crippen LogP contribution in [0.3, 0.4) is 0 Å². The SMILES string of the molecule is CCc1cccc(N(CC)C(=O)Cn2c(C(=O)N[C@H]3CC[C@H](C(=O)NCCCCCC(=O)NCCOCCOCCC(=O)O)CC3)cc3sccc32)c1. The molecular formula is C39H55N5O8S. The van der Waals surface area contributed by atoms with Gasteiger partial charge in [-0.15, -0.1) is 11.3 Å². The second-order valence-corrected chi connectivity index (χ2v) is 14.2. The quantitative estimate of drug-likeness (QED) is 0.0992. The number of aryl methyl sites for hydroxylation is 1. The van der Waals surface area contributed by atoms with Gasteiger partial charge in [-0.1, -0.05) is 25.5 Å². The number of anilines is 1. The summed E-state index contributed by atoms with van der Waals surface area (Å²) in [5.41, 5.74) is 3.36. The zero-order chi connectivity index (χ0) is 38.0. The highest BCUT2D eigenvalue weighted by Gasteiger charge is 2.29. The van der Waals surface area contributed by atoms with E-state index in [9.17, 15) is 24.0 Å². The molecular weight excluding hydrogens is 699 g/mol. The van der Waals surface area contributed by atoms with Crippen LogP contribution < -0.4 is 20.9 Å². The Morgan fingerprint density at radius 2 is 1.66 bits per heavy atom. The molecule has 1 aliphatic rings. The van der Waals surface area contributed by atoms with Crippen molar-refractivity contribution in [3.8, 4) is 0 Å². The summed E-state index contributed by atoms with van der Waals surface area (Å²) in [6, 6.07) is 11.8. The highest BCUT2D eigenvalue weighted by atomic mass is 32.1. The number of likely N-dealkylation sites (N-methyl/N-ethyl adjacent to an activating group) is 1. The van der Waals surface area contributed by atoms with Crippen LogP contribution in [-0.4, -0.2) is 91.4 Å². The molecule has 290 valence electrons. The molecule has 4 amide bonds. The fourth-order valence-electron chi connectivity index (χ4n) is 6.54. The van der Waals surface area contributed by atoms with Gasteiger partial charge >= 0.3 is 5.97 Å². The van der Waals surface area contributed by atoms with E-state index in [0.29, 0.717) is 77.3 Å². The molecule has 14 heteroatoms. The Balaban J connectivity index is 1.11. The van der Waals surface area contributed by atoms with Gasteiger partial charge in [-0.3, -0.25) is 24.0 Å². The van der Waals surface area contributed by atoms with E-state index >= 15 is 0 Å². The molecule has 1 aromatic carbocycles. The lowest BCUT2D eigenvalue weighted by atomic mass is 9.85. The fourth-order valence-corrected chi connectivity index (χ4v) is 7.36. The lowest BCUT2D eigenvalue weighted by Gasteiger charge is -2.28. The van der Waals surface area contributed by atoms with Crippen LogP contribution in [0, 0.1) is 5.92 Å². The Hall–Kier alpha value is -4.27. The molecule has 3 aromatic rings. The number of aliphatic carboxylic acids is 1. The smallest absolute Gasteiger partial charge is 0.305 e. The Morgan fingerprint density at radius 1 is 0.887 bits per heavy atom. The third-order valence-electron chi connectivity index (χ3n) is 9.51. The number of amides is 4. The number of carbonyl (C=O) groups excluding carboxylic acids is 4. The van der Waals surface area contributed by atoms with E-state index in [1.807, 2.05) is 47.2 Å². The molecule has 4 N–H and O–H groups in total. The van der Waals surface area contributed by atoms with Gasteiger partial charge in [-0.05, 0) is 87.1 Å². The van der Waals surface area contributed by atoms with Crippen molar-refractivity contribution in [2.45, 2.75) is 90.6 Å². The van der Waals surface area contributed by atoms with Crippen LogP contribution in [0.25, 0.3) is 10.2 Å². The molecule has 4 rings (SSSR count). The van der Waals surface area contributed by atoms with Crippen LogP contribution in [-0.2, 0) is 41.6 Å². The molecule has 0 aliphatic heterocycles. The maximum absolute atomic E-state index is 13.6. The molecule has 1 aliphatic carbocycles. The van der Waals surface area contributed by atoms with Crippen LogP contribution in [0.1, 0.15) is 87.7 Å². The highest BCUT2D eigenvalue weighted by Crippen LogP contribution is 2.28. The number of hydrogen-bond acceptors (Lipinski definition) is 8. The molecule has 0 bridgehead atoms. The second-order valence-electron chi connectivity index (χ2n) is 13.3. The number of nitrogens with zero attached hydrogens (tertiary/aromatic N) is 2. The summed E-state index contributed by atoms with van der Waals surface area (Å²) in [7, 11) is 0. The standard InChI is InChI=1S/C39H55N5O8S/c1-3-28-9-8-10-31(25-28)43(4-2)36(46)27-44-32-17-24-53-34(32)26-33(44)39(50)42-30-14-12-29(13-15-30)38(49)41-18-7-5-6-11-35(45)40-19-21-52-23-22-51-20-16-37(47)48/h8-10,17,24-26,29-30H,3-7,11-16,18-23,27H2,1-2H3,(H,40,45)(H,41,49)(H,42,50)(H,47,48)/t29-,30-. The van der Waals surface area contributed by atoms with Crippen LogP contribution in [0.4, 0.5) is 5.69 Å². The number of carboxylic acids is 1. The predicted octanol–water partition coefficient (Wildman–Crippen LogP) is 4.91. The maximum atomic E-state index is 13.6. The minimum Gasteiger partial charge on any atom is -0.481 e. The molecule has 2 heterocycles. The Morgan fingerprint density at radius 3 is 2.40 bits per heavy atom. The number of carboxylic acid groups (broad SMARTS) is 1. The van der Waals surface area contributed by atoms with Crippen molar-refractivity contribution in [1.29, 1.82) is 0 Å². The van der Waals surface area contributed by atoms with E-state index in [1.165, 1.54) is 0 Å².